The van der Waals surface area contributed by atoms with E-state index in [-0.39, 0.29) is 0 Å². The van der Waals surface area contributed by atoms with Crippen molar-refractivity contribution < 1.29 is 14.6 Å². The first-order valence-electron chi connectivity index (χ1n) is 7.25. The largest absolute Gasteiger partial charge is 0.492 e. The molecule has 1 aromatic rings. The van der Waals surface area contributed by atoms with Crippen LogP contribution in [0.2, 0.25) is 0 Å². The van der Waals surface area contributed by atoms with Crippen molar-refractivity contribution in [2.45, 2.75) is 26.7 Å². The van der Waals surface area contributed by atoms with Crippen LogP contribution in [0.3, 0.4) is 0 Å². The molecular weight excluding hydrogens is 254 g/mol. The minimum Gasteiger partial charge on any atom is -0.492 e. The molecular formula is C16H23NO3. The number of hydrogen-bond donors (Lipinski definition) is 1. The van der Waals surface area contributed by atoms with Gasteiger partial charge in [0.05, 0.1) is 5.56 Å². The molecule has 110 valence electrons. The molecule has 2 rings (SSSR count). The summed E-state index contributed by atoms with van der Waals surface area (Å²) in [6.45, 7) is 7.98. The first kappa shape index (κ1) is 14.9. The lowest BCUT2D eigenvalue weighted by atomic mass is 10.0. The van der Waals surface area contributed by atoms with Crippen molar-refractivity contribution in [1.29, 1.82) is 0 Å². The molecule has 4 heteroatoms. The normalized spacial score (nSPS) is 19.8. The Morgan fingerprint density at radius 2 is 2.30 bits per heavy atom. The molecule has 1 aromatic carbocycles. The summed E-state index contributed by atoms with van der Waals surface area (Å²) in [5, 5.41) is 8.98. The summed E-state index contributed by atoms with van der Waals surface area (Å²) < 4.78 is 5.72. The molecule has 0 radical (unpaired) electrons. The Hall–Kier alpha value is -1.55. The summed E-state index contributed by atoms with van der Waals surface area (Å²) in [6, 6.07) is 5.13. The maximum Gasteiger partial charge on any atom is 0.335 e. The lowest BCUT2D eigenvalue weighted by Gasteiger charge is -2.30. The second-order valence-corrected chi connectivity index (χ2v) is 5.68. The number of piperidine rings is 1. The fourth-order valence-electron chi connectivity index (χ4n) is 2.75. The van der Waals surface area contributed by atoms with Crippen molar-refractivity contribution in [3.8, 4) is 5.75 Å². The van der Waals surface area contributed by atoms with Crippen molar-refractivity contribution in [2.75, 3.05) is 26.2 Å². The van der Waals surface area contributed by atoms with E-state index in [2.05, 4.69) is 11.8 Å². The van der Waals surface area contributed by atoms with E-state index in [1.165, 1.54) is 12.8 Å². The van der Waals surface area contributed by atoms with Gasteiger partial charge in [0.2, 0.25) is 0 Å². The topological polar surface area (TPSA) is 49.8 Å². The number of rotatable bonds is 5. The lowest BCUT2D eigenvalue weighted by Crippen LogP contribution is -2.37. The quantitative estimate of drug-likeness (QED) is 0.899. The Bertz CT molecular complexity index is 473. The van der Waals surface area contributed by atoms with Gasteiger partial charge in [0, 0.05) is 13.1 Å². The van der Waals surface area contributed by atoms with Gasteiger partial charge in [-0.3, -0.25) is 4.90 Å². The Morgan fingerprint density at radius 3 is 2.95 bits per heavy atom. The molecule has 0 saturated carbocycles. The van der Waals surface area contributed by atoms with Crippen molar-refractivity contribution in [3.63, 3.8) is 0 Å². The van der Waals surface area contributed by atoms with Gasteiger partial charge in [-0.05, 0) is 56.0 Å². The Labute approximate surface area is 120 Å². The van der Waals surface area contributed by atoms with Crippen LogP contribution in [0.15, 0.2) is 18.2 Å². The smallest absolute Gasteiger partial charge is 0.335 e. The summed E-state index contributed by atoms with van der Waals surface area (Å²) in [4.78, 5) is 13.4. The third-order valence-corrected chi connectivity index (χ3v) is 3.85. The molecule has 1 N–H and O–H groups in total. The molecule has 0 bridgehead atoms. The van der Waals surface area contributed by atoms with Gasteiger partial charge >= 0.3 is 5.97 Å². The summed E-state index contributed by atoms with van der Waals surface area (Å²) in [7, 11) is 0. The fourth-order valence-corrected chi connectivity index (χ4v) is 2.75. The van der Waals surface area contributed by atoms with E-state index < -0.39 is 5.97 Å². The predicted molar refractivity (Wildman–Crippen MR) is 78.5 cm³/mol. The van der Waals surface area contributed by atoms with Gasteiger partial charge in [-0.1, -0.05) is 6.92 Å². The predicted octanol–water partition coefficient (Wildman–Crippen LogP) is 2.80. The first-order valence-corrected chi connectivity index (χ1v) is 7.25. The molecule has 1 fully saturated rings. The summed E-state index contributed by atoms with van der Waals surface area (Å²) >= 11 is 0. The number of carbonyl (C=O) groups is 1. The van der Waals surface area contributed by atoms with Crippen LogP contribution < -0.4 is 4.74 Å². The zero-order chi connectivity index (χ0) is 14.5. The molecule has 1 saturated heterocycles. The number of nitrogens with zero attached hydrogens (tertiary/aromatic N) is 1. The minimum absolute atomic E-state index is 0.335. The highest BCUT2D eigenvalue weighted by atomic mass is 16.5. The van der Waals surface area contributed by atoms with E-state index in [9.17, 15) is 4.79 Å². The van der Waals surface area contributed by atoms with Crippen molar-refractivity contribution in [3.05, 3.63) is 29.3 Å². The van der Waals surface area contributed by atoms with Crippen LogP contribution in [0.25, 0.3) is 0 Å². The van der Waals surface area contributed by atoms with Crippen molar-refractivity contribution in [1.82, 2.24) is 4.90 Å². The number of carboxylic acid groups (broad SMARTS) is 1. The van der Waals surface area contributed by atoms with E-state index in [0.29, 0.717) is 12.2 Å². The maximum atomic E-state index is 10.9. The van der Waals surface area contributed by atoms with Crippen LogP contribution in [0.4, 0.5) is 0 Å². The molecule has 1 unspecified atom stereocenters. The summed E-state index contributed by atoms with van der Waals surface area (Å²) in [5.74, 6) is 0.634. The monoisotopic (exact) mass is 277 g/mol. The molecule has 0 spiro atoms. The van der Waals surface area contributed by atoms with Crippen molar-refractivity contribution in [2.24, 2.45) is 5.92 Å². The third-order valence-electron chi connectivity index (χ3n) is 3.85. The third kappa shape index (κ3) is 3.97. The van der Waals surface area contributed by atoms with Crippen LogP contribution in [0, 0.1) is 12.8 Å². The zero-order valence-corrected chi connectivity index (χ0v) is 12.3. The molecule has 0 amide bonds. The van der Waals surface area contributed by atoms with E-state index in [0.717, 1.165) is 36.9 Å². The highest BCUT2D eigenvalue weighted by molar-refractivity contribution is 5.89. The minimum atomic E-state index is -0.892. The van der Waals surface area contributed by atoms with Crippen LogP contribution in [0.1, 0.15) is 35.7 Å². The molecule has 1 atom stereocenters. The highest BCUT2D eigenvalue weighted by Gasteiger charge is 2.15. The van der Waals surface area contributed by atoms with Gasteiger partial charge in [0.1, 0.15) is 12.4 Å². The van der Waals surface area contributed by atoms with Gasteiger partial charge < -0.3 is 9.84 Å². The number of aryl methyl sites for hydroxylation is 1. The molecule has 1 aliphatic heterocycles. The number of ether oxygens (including phenoxy) is 1. The molecule has 4 nitrogen and oxygen atoms in total. The van der Waals surface area contributed by atoms with Crippen LogP contribution in [-0.4, -0.2) is 42.2 Å². The van der Waals surface area contributed by atoms with Crippen molar-refractivity contribution >= 4 is 5.97 Å². The SMILES string of the molecule is Cc1cc(OCCN2CCCC(C)C2)ccc1C(=O)O. The summed E-state index contributed by atoms with van der Waals surface area (Å²) in [6.07, 6.45) is 2.60. The van der Waals surface area contributed by atoms with Crippen LogP contribution in [0.5, 0.6) is 5.75 Å². The standard InChI is InChI=1S/C16H23NO3/c1-12-4-3-7-17(11-12)8-9-20-14-5-6-15(16(18)19)13(2)10-14/h5-6,10,12H,3-4,7-9,11H2,1-2H3,(H,18,19). The van der Waals surface area contributed by atoms with Crippen LogP contribution >= 0.6 is 0 Å². The van der Waals surface area contributed by atoms with E-state index >= 15 is 0 Å². The van der Waals surface area contributed by atoms with Gasteiger partial charge in [0.25, 0.3) is 0 Å². The van der Waals surface area contributed by atoms with Gasteiger partial charge in [-0.25, -0.2) is 4.79 Å². The van der Waals surface area contributed by atoms with Gasteiger partial charge in [-0.2, -0.15) is 0 Å². The first-order chi connectivity index (χ1) is 9.56. The molecule has 0 aromatic heterocycles. The number of benzene rings is 1. The average Bonchev–Trinajstić information content (AvgIpc) is 2.38. The molecule has 1 aliphatic rings. The fraction of sp³-hybridized carbons (Fsp3) is 0.562. The number of hydrogen-bond acceptors (Lipinski definition) is 3. The average molecular weight is 277 g/mol. The second kappa shape index (κ2) is 6.75. The Morgan fingerprint density at radius 1 is 1.50 bits per heavy atom. The Balaban J connectivity index is 1.82. The zero-order valence-electron chi connectivity index (χ0n) is 12.3. The van der Waals surface area contributed by atoms with Gasteiger partial charge in [-0.15, -0.1) is 0 Å². The molecule has 20 heavy (non-hydrogen) atoms. The number of likely N-dealkylation sites (tertiary alicyclic amines) is 1. The lowest BCUT2D eigenvalue weighted by molar-refractivity contribution is 0.0696. The van der Waals surface area contributed by atoms with E-state index in [1.54, 1.807) is 25.1 Å². The number of aromatic carboxylic acids is 1. The highest BCUT2D eigenvalue weighted by Crippen LogP contribution is 2.18. The van der Waals surface area contributed by atoms with Crippen LogP contribution in [-0.2, 0) is 0 Å². The Kier molecular flexibility index (Phi) is 5.01. The van der Waals surface area contributed by atoms with E-state index in [1.807, 2.05) is 0 Å². The molecule has 1 heterocycles. The van der Waals surface area contributed by atoms with Gasteiger partial charge in [0.15, 0.2) is 0 Å². The van der Waals surface area contributed by atoms with E-state index in [4.69, 9.17) is 9.84 Å². The molecule has 0 aliphatic carbocycles. The maximum absolute atomic E-state index is 10.9. The second-order valence-electron chi connectivity index (χ2n) is 5.68. The summed E-state index contributed by atoms with van der Waals surface area (Å²) in [5.41, 5.74) is 1.07. The number of carboxylic acids is 1.